The molecular formula is C48H76N4O22. The molecule has 1 aromatic carbocycles. The molecular weight excluding hydrogens is 985 g/mol. The summed E-state index contributed by atoms with van der Waals surface area (Å²) < 4.78 is 47.4. The van der Waals surface area contributed by atoms with E-state index in [1.807, 2.05) is 0 Å². The number of aliphatic hydroxyl groups excluding tert-OH is 10. The van der Waals surface area contributed by atoms with Gasteiger partial charge in [0.05, 0.1) is 33.0 Å². The number of ether oxygens (including phenoxy) is 8. The van der Waals surface area contributed by atoms with Gasteiger partial charge in [-0.2, -0.15) is 0 Å². The summed E-state index contributed by atoms with van der Waals surface area (Å²) in [5, 5.41) is 119. The second-order valence-electron chi connectivity index (χ2n) is 18.7. The third-order valence-corrected chi connectivity index (χ3v) is 13.0. The lowest BCUT2D eigenvalue weighted by Crippen LogP contribution is -2.71. The molecule has 4 aliphatic rings. The second kappa shape index (κ2) is 29.5. The lowest BCUT2D eigenvalue weighted by molar-refractivity contribution is -0.361. The van der Waals surface area contributed by atoms with Crippen LogP contribution in [0.5, 0.6) is 5.75 Å². The molecule has 74 heavy (non-hydrogen) atoms. The normalized spacial score (nSPS) is 36.5. The Morgan fingerprint density at radius 2 is 0.986 bits per heavy atom. The highest BCUT2D eigenvalue weighted by molar-refractivity contribution is 5.94. The molecule has 14 N–H and O–H groups in total. The molecule has 1 aromatic rings. The Labute approximate surface area is 428 Å². The van der Waals surface area contributed by atoms with Gasteiger partial charge in [0.2, 0.25) is 17.7 Å². The van der Waals surface area contributed by atoms with Gasteiger partial charge < -0.3 is 110 Å². The van der Waals surface area contributed by atoms with E-state index in [9.17, 15) is 70.2 Å². The van der Waals surface area contributed by atoms with Crippen molar-refractivity contribution in [3.8, 4) is 5.75 Å². The number of nitrogens with one attached hydrogen (secondary N) is 4. The summed E-state index contributed by atoms with van der Waals surface area (Å²) in [5.41, 5.74) is 0.0817. The quantitative estimate of drug-likeness (QED) is 0.0326. The molecule has 26 nitrogen and oxygen atoms in total. The number of carbonyl (C=O) groups is 4. The van der Waals surface area contributed by atoms with Crippen LogP contribution in [-0.2, 0) is 47.5 Å². The number of carbonyl (C=O) groups excluding carboxylic acids is 4. The van der Waals surface area contributed by atoms with Crippen LogP contribution >= 0.6 is 0 Å². The van der Waals surface area contributed by atoms with Crippen LogP contribution in [-0.4, -0.2) is 230 Å². The van der Waals surface area contributed by atoms with E-state index >= 15 is 0 Å². The van der Waals surface area contributed by atoms with E-state index in [4.69, 9.17) is 37.9 Å². The van der Waals surface area contributed by atoms with Crippen molar-refractivity contribution in [2.75, 3.05) is 33.0 Å². The molecule has 0 aliphatic carbocycles. The van der Waals surface area contributed by atoms with Crippen LogP contribution in [0.2, 0.25) is 0 Å². The predicted molar refractivity (Wildman–Crippen MR) is 253 cm³/mol. The third-order valence-electron chi connectivity index (χ3n) is 13.0. The molecule has 4 heterocycles. The minimum absolute atomic E-state index is 0.0817. The molecule has 20 atom stereocenters. The average Bonchev–Trinajstić information content (AvgIpc) is 3.36. The van der Waals surface area contributed by atoms with Gasteiger partial charge in [0.25, 0.3) is 5.91 Å². The first-order valence-corrected chi connectivity index (χ1v) is 25.0. The molecule has 10 unspecified atom stereocenters. The first kappa shape index (κ1) is 60.8. The molecule has 4 amide bonds. The average molecular weight is 1060 g/mol. The zero-order valence-corrected chi connectivity index (χ0v) is 41.9. The molecule has 4 fully saturated rings. The Hall–Kier alpha value is -4.04. The van der Waals surface area contributed by atoms with E-state index < -0.39 is 173 Å². The van der Waals surface area contributed by atoms with Gasteiger partial charge in [-0.25, -0.2) is 0 Å². The van der Waals surface area contributed by atoms with E-state index in [1.54, 1.807) is 12.1 Å². The number of allylic oxidation sites excluding steroid dienone is 2. The van der Waals surface area contributed by atoms with E-state index in [2.05, 4.69) is 40.3 Å². The van der Waals surface area contributed by atoms with Gasteiger partial charge in [0.15, 0.2) is 25.2 Å². The van der Waals surface area contributed by atoms with E-state index in [-0.39, 0.29) is 5.56 Å². The monoisotopic (exact) mass is 1060 g/mol. The van der Waals surface area contributed by atoms with Gasteiger partial charge in [-0.05, 0) is 43.9 Å². The number of hydrogen-bond donors (Lipinski definition) is 14. The number of aliphatic hydroxyl groups is 10. The molecule has 5 rings (SSSR count). The Balaban J connectivity index is 1.32. The molecule has 0 radical (unpaired) electrons. The smallest absolute Gasteiger partial charge is 0.251 e. The van der Waals surface area contributed by atoms with Crippen LogP contribution < -0.4 is 26.0 Å². The minimum atomic E-state index is -1.94. The number of unbranched alkanes of at least 4 members (excludes halogenated alkanes) is 5. The molecule has 0 bridgehead atoms. The Morgan fingerprint density at radius 3 is 1.47 bits per heavy atom. The van der Waals surface area contributed by atoms with Gasteiger partial charge in [-0.15, -0.1) is 0 Å². The number of hydrogen-bond acceptors (Lipinski definition) is 22. The molecule has 0 saturated carbocycles. The van der Waals surface area contributed by atoms with Crippen LogP contribution in [0.15, 0.2) is 36.4 Å². The van der Waals surface area contributed by atoms with Crippen LogP contribution in [0.4, 0.5) is 0 Å². The third kappa shape index (κ3) is 16.0. The fourth-order valence-electron chi connectivity index (χ4n) is 9.21. The second-order valence-corrected chi connectivity index (χ2v) is 18.7. The van der Waals surface area contributed by atoms with Crippen LogP contribution in [0.1, 0.15) is 83.0 Å². The van der Waals surface area contributed by atoms with Gasteiger partial charge in [0, 0.05) is 26.3 Å². The fraction of sp³-hybridized carbons (Fsp3) is 0.750. The minimum Gasteiger partial charge on any atom is -0.494 e. The fourth-order valence-corrected chi connectivity index (χ4v) is 9.21. The number of amides is 4. The van der Waals surface area contributed by atoms with Crippen molar-refractivity contribution < 1.29 is 108 Å². The highest BCUT2D eigenvalue weighted by Gasteiger charge is 2.56. The molecule has 4 aliphatic heterocycles. The van der Waals surface area contributed by atoms with Gasteiger partial charge in [-0.1, -0.05) is 44.4 Å². The number of rotatable bonds is 25. The van der Waals surface area contributed by atoms with Crippen molar-refractivity contribution in [3.05, 3.63) is 42.0 Å². The summed E-state index contributed by atoms with van der Waals surface area (Å²) in [4.78, 5) is 50.9. The summed E-state index contributed by atoms with van der Waals surface area (Å²) in [6, 6.07) is -0.191. The highest BCUT2D eigenvalue weighted by Crippen LogP contribution is 2.35. The van der Waals surface area contributed by atoms with Gasteiger partial charge >= 0.3 is 0 Å². The van der Waals surface area contributed by atoms with Crippen LogP contribution in [0, 0.1) is 0 Å². The summed E-state index contributed by atoms with van der Waals surface area (Å²) >= 11 is 0. The largest absolute Gasteiger partial charge is 0.494 e. The SMILES string of the molecule is CCCCCC/C=C\CCCOc1cccc(C(=O)NC2[C@H](O[C@H]3C(O)C(NC(C)=O)C(O[C@H]4C(CO)O[C@@H](O[C@H]5C(O)C(NC(C)=O)C(O)O[C@@H]5CO)C(NC(C)=O)[C@H]4O)O[C@@H]3CO)OC(CO)[C@H](O)[C@@H]2O)c1. The van der Waals surface area contributed by atoms with E-state index in [0.717, 1.165) is 46.5 Å². The van der Waals surface area contributed by atoms with Gasteiger partial charge in [0.1, 0.15) is 103 Å². The lowest BCUT2D eigenvalue weighted by atomic mass is 9.93. The van der Waals surface area contributed by atoms with E-state index in [0.29, 0.717) is 12.4 Å². The van der Waals surface area contributed by atoms with Crippen molar-refractivity contribution in [2.24, 2.45) is 0 Å². The topological polar surface area (TPSA) is 393 Å². The maximum Gasteiger partial charge on any atom is 0.251 e. The lowest BCUT2D eigenvalue weighted by Gasteiger charge is -2.51. The molecule has 26 heteroatoms. The zero-order chi connectivity index (χ0) is 54.2. The van der Waals surface area contributed by atoms with Crippen molar-refractivity contribution in [3.63, 3.8) is 0 Å². The Morgan fingerprint density at radius 1 is 0.541 bits per heavy atom. The Kier molecular flexibility index (Phi) is 24.2. The van der Waals surface area contributed by atoms with E-state index in [1.165, 1.54) is 31.4 Å². The predicted octanol–water partition coefficient (Wildman–Crippen LogP) is -4.19. The molecule has 4 saturated heterocycles. The van der Waals surface area contributed by atoms with Crippen molar-refractivity contribution >= 4 is 23.6 Å². The number of benzene rings is 1. The zero-order valence-electron chi connectivity index (χ0n) is 41.9. The first-order chi connectivity index (χ1) is 35.4. The van der Waals surface area contributed by atoms with Crippen molar-refractivity contribution in [1.29, 1.82) is 0 Å². The maximum absolute atomic E-state index is 13.8. The van der Waals surface area contributed by atoms with Crippen LogP contribution in [0.25, 0.3) is 0 Å². The first-order valence-electron chi connectivity index (χ1n) is 25.0. The molecule has 0 aromatic heterocycles. The molecule has 420 valence electrons. The standard InChI is InChI=1S/C48H76N4O22/c1-5-6-7-8-9-10-11-12-13-17-67-27-16-14-15-26(18-27)44(65)52-33-37(61)36(60)28(19-53)69-46(33)73-42-30(21-55)71-48(35(39(42)63)51-25(4)59)74-43-31(22-56)70-47(34(40(43)64)50-24(3)58)72-41-29(20-54)68-45(66)32(38(41)62)49-23(2)57/h10-11,14-16,18,28-43,45-48,53-56,60-64,66H,5-9,12-13,17,19-22H2,1-4H3,(H,49,57)(H,50,58)(H,51,59)(H,52,65)/b11-10-/t28?,29-,30-,31?,32?,33?,34?,35?,36+,37-,38?,39?,40-,41-,42-,43+,45?,46+,47+,48?/m1/s1. The summed E-state index contributed by atoms with van der Waals surface area (Å²) in [6.07, 6.45) is -16.1. The van der Waals surface area contributed by atoms with Crippen molar-refractivity contribution in [1.82, 2.24) is 21.3 Å². The van der Waals surface area contributed by atoms with Crippen LogP contribution in [0.3, 0.4) is 0 Å². The highest BCUT2D eigenvalue weighted by atomic mass is 16.8. The maximum atomic E-state index is 13.8. The summed E-state index contributed by atoms with van der Waals surface area (Å²) in [7, 11) is 0. The van der Waals surface area contributed by atoms with Gasteiger partial charge in [-0.3, -0.25) is 19.2 Å². The Bertz CT molecular complexity index is 1960. The summed E-state index contributed by atoms with van der Waals surface area (Å²) in [6.45, 7) is 2.23. The van der Waals surface area contributed by atoms with Crippen molar-refractivity contribution in [2.45, 2.75) is 195 Å². The molecule has 0 spiro atoms. The summed E-state index contributed by atoms with van der Waals surface area (Å²) in [5.74, 6) is -2.58.